The highest BCUT2D eigenvalue weighted by atomic mass is 79.9. The quantitative estimate of drug-likeness (QED) is 0.419. The lowest BCUT2D eigenvalue weighted by atomic mass is 10.0. The van der Waals surface area contributed by atoms with E-state index in [1.807, 2.05) is 63.2 Å². The minimum atomic E-state index is -0.702. The molecule has 0 N–H and O–H groups in total. The summed E-state index contributed by atoms with van der Waals surface area (Å²) < 4.78 is 17.8. The second-order valence-corrected chi connectivity index (χ2v) is 10.2. The van der Waals surface area contributed by atoms with Gasteiger partial charge in [-0.15, -0.1) is 0 Å². The van der Waals surface area contributed by atoms with E-state index in [2.05, 4.69) is 20.9 Å². The zero-order valence-corrected chi connectivity index (χ0v) is 20.0. The van der Waals surface area contributed by atoms with Gasteiger partial charge in [-0.25, -0.2) is 14.6 Å². The van der Waals surface area contributed by atoms with Gasteiger partial charge in [0, 0.05) is 17.5 Å². The minimum absolute atomic E-state index is 0.126. The summed E-state index contributed by atoms with van der Waals surface area (Å²) in [4.78, 5) is 31.8. The van der Waals surface area contributed by atoms with Crippen molar-refractivity contribution in [2.75, 3.05) is 6.61 Å². The molecule has 0 unspecified atom stereocenters. The third-order valence-electron chi connectivity index (χ3n) is 5.72. The van der Waals surface area contributed by atoms with Gasteiger partial charge in [-0.05, 0) is 61.2 Å². The number of esters is 1. The first-order chi connectivity index (χ1) is 15.2. The highest BCUT2D eigenvalue weighted by molar-refractivity contribution is 9.10. The van der Waals surface area contributed by atoms with Crippen molar-refractivity contribution in [1.82, 2.24) is 9.88 Å². The van der Waals surface area contributed by atoms with Gasteiger partial charge in [0.05, 0.1) is 6.61 Å². The molecule has 4 rings (SSSR count). The number of halogens is 1. The van der Waals surface area contributed by atoms with Gasteiger partial charge < -0.3 is 14.2 Å². The van der Waals surface area contributed by atoms with Crippen LogP contribution in [0.5, 0.6) is 5.88 Å². The maximum atomic E-state index is 13.0. The van der Waals surface area contributed by atoms with E-state index in [4.69, 9.17) is 14.2 Å². The number of nitrogens with zero attached hydrogens (tertiary/aromatic N) is 2. The van der Waals surface area contributed by atoms with Crippen LogP contribution in [-0.4, -0.2) is 46.2 Å². The SMILES string of the molecule is CC(C)(C)OC(=O)N1[C@H](C(=O)OCc2ccccc2)C[C@@]2(COc3cccc(Br)n3)C[C@@H]12. The number of likely N-dealkylation sites (tertiary alicyclic amines) is 1. The van der Waals surface area contributed by atoms with Gasteiger partial charge in [-0.2, -0.15) is 0 Å². The molecular formula is C24H27BrN2O5. The Morgan fingerprint density at radius 2 is 1.88 bits per heavy atom. The van der Waals surface area contributed by atoms with Crippen LogP contribution in [0, 0.1) is 5.41 Å². The third-order valence-corrected chi connectivity index (χ3v) is 6.16. The van der Waals surface area contributed by atoms with E-state index < -0.39 is 23.7 Å². The zero-order chi connectivity index (χ0) is 22.9. The number of ether oxygens (including phenoxy) is 3. The van der Waals surface area contributed by atoms with Crippen molar-refractivity contribution >= 4 is 28.0 Å². The molecule has 170 valence electrons. The summed E-state index contributed by atoms with van der Waals surface area (Å²) in [7, 11) is 0. The molecule has 1 saturated carbocycles. The largest absolute Gasteiger partial charge is 0.477 e. The molecule has 1 saturated heterocycles. The maximum Gasteiger partial charge on any atom is 0.411 e. The lowest BCUT2D eigenvalue weighted by Crippen LogP contribution is -2.46. The highest BCUT2D eigenvalue weighted by Crippen LogP contribution is 2.60. The van der Waals surface area contributed by atoms with E-state index in [-0.39, 0.29) is 18.1 Å². The fourth-order valence-electron chi connectivity index (χ4n) is 4.13. The van der Waals surface area contributed by atoms with E-state index in [0.717, 1.165) is 12.0 Å². The standard InChI is InChI=1S/C24H27BrN2O5/c1-23(2,3)32-22(29)27-17(21(28)30-14-16-8-5-4-6-9-16)12-24(13-18(24)27)15-31-20-11-7-10-19(25)26-20/h4-11,17-18H,12-15H2,1-3H3/t17-,18+,24-/m0/s1. The first-order valence-corrected chi connectivity index (χ1v) is 11.4. The normalized spacial score (nSPS) is 23.9. The number of benzene rings is 1. The van der Waals surface area contributed by atoms with E-state index >= 15 is 0 Å². The van der Waals surface area contributed by atoms with Gasteiger partial charge in [-0.1, -0.05) is 36.4 Å². The first kappa shape index (κ1) is 22.6. The predicted molar refractivity (Wildman–Crippen MR) is 121 cm³/mol. The summed E-state index contributed by atoms with van der Waals surface area (Å²) >= 11 is 3.34. The second kappa shape index (κ2) is 8.73. The summed E-state index contributed by atoms with van der Waals surface area (Å²) in [5, 5.41) is 0. The molecule has 2 aliphatic rings. The summed E-state index contributed by atoms with van der Waals surface area (Å²) in [5.74, 6) is 0.0742. The number of pyridine rings is 1. The smallest absolute Gasteiger partial charge is 0.411 e. The minimum Gasteiger partial charge on any atom is -0.477 e. The number of carbonyl (C=O) groups excluding carboxylic acids is 2. The van der Waals surface area contributed by atoms with Crippen LogP contribution in [0.1, 0.15) is 39.2 Å². The van der Waals surface area contributed by atoms with Crippen LogP contribution in [0.3, 0.4) is 0 Å². The average Bonchev–Trinajstić information content (AvgIpc) is 3.33. The van der Waals surface area contributed by atoms with Crippen LogP contribution in [0.25, 0.3) is 0 Å². The maximum absolute atomic E-state index is 13.0. The topological polar surface area (TPSA) is 78.0 Å². The second-order valence-electron chi connectivity index (χ2n) is 9.37. The molecule has 7 nitrogen and oxygen atoms in total. The lowest BCUT2D eigenvalue weighted by molar-refractivity contribution is -0.150. The molecule has 2 aromatic rings. The van der Waals surface area contributed by atoms with Crippen molar-refractivity contribution in [1.29, 1.82) is 0 Å². The average molecular weight is 503 g/mol. The molecule has 1 aliphatic heterocycles. The molecular weight excluding hydrogens is 476 g/mol. The van der Waals surface area contributed by atoms with Gasteiger partial charge in [0.25, 0.3) is 0 Å². The molecule has 1 amide bonds. The highest BCUT2D eigenvalue weighted by Gasteiger charge is 2.69. The molecule has 3 atom stereocenters. The van der Waals surface area contributed by atoms with Gasteiger partial charge >= 0.3 is 12.1 Å². The summed E-state index contributed by atoms with van der Waals surface area (Å²) in [6, 6.07) is 14.1. The van der Waals surface area contributed by atoms with Crippen molar-refractivity contribution in [2.24, 2.45) is 5.41 Å². The Balaban J connectivity index is 1.47. The molecule has 32 heavy (non-hydrogen) atoms. The molecule has 0 spiro atoms. The Bertz CT molecular complexity index is 993. The van der Waals surface area contributed by atoms with Crippen molar-refractivity contribution in [3.05, 3.63) is 58.7 Å². The monoisotopic (exact) mass is 502 g/mol. The van der Waals surface area contributed by atoms with Crippen LogP contribution in [0.2, 0.25) is 0 Å². The van der Waals surface area contributed by atoms with Crippen LogP contribution < -0.4 is 4.74 Å². The number of rotatable bonds is 6. The Kier molecular flexibility index (Phi) is 6.16. The number of aromatic nitrogens is 1. The molecule has 0 bridgehead atoms. The van der Waals surface area contributed by atoms with Crippen molar-refractivity contribution in [3.63, 3.8) is 0 Å². The Hall–Kier alpha value is -2.61. The van der Waals surface area contributed by atoms with Gasteiger partial charge in [0.2, 0.25) is 5.88 Å². The van der Waals surface area contributed by atoms with E-state index in [1.165, 1.54) is 0 Å². The predicted octanol–water partition coefficient (Wildman–Crippen LogP) is 4.73. The fraction of sp³-hybridized carbons (Fsp3) is 0.458. The molecule has 1 aromatic heterocycles. The number of hydrogen-bond donors (Lipinski definition) is 0. The van der Waals surface area contributed by atoms with Crippen molar-refractivity contribution in [2.45, 2.75) is 57.9 Å². The molecule has 0 radical (unpaired) electrons. The van der Waals surface area contributed by atoms with Crippen molar-refractivity contribution in [3.8, 4) is 5.88 Å². The summed E-state index contributed by atoms with van der Waals surface area (Å²) in [6.07, 6.45) is 0.727. The summed E-state index contributed by atoms with van der Waals surface area (Å²) in [5.41, 5.74) is -0.0735. The molecule has 8 heteroatoms. The number of piperidine rings is 1. The molecule has 2 fully saturated rings. The first-order valence-electron chi connectivity index (χ1n) is 10.6. The van der Waals surface area contributed by atoms with E-state index in [1.54, 1.807) is 11.0 Å². The number of hydrogen-bond acceptors (Lipinski definition) is 6. The van der Waals surface area contributed by atoms with Crippen LogP contribution in [-0.2, 0) is 20.9 Å². The zero-order valence-electron chi connectivity index (χ0n) is 18.4. The van der Waals surface area contributed by atoms with Gasteiger partial charge in [-0.3, -0.25) is 4.90 Å². The van der Waals surface area contributed by atoms with Crippen molar-refractivity contribution < 1.29 is 23.8 Å². The van der Waals surface area contributed by atoms with Crippen LogP contribution in [0.15, 0.2) is 53.1 Å². The molecule has 1 aromatic carbocycles. The fourth-order valence-corrected chi connectivity index (χ4v) is 4.46. The molecule has 2 heterocycles. The third kappa shape index (κ3) is 5.06. The Labute approximate surface area is 196 Å². The summed E-state index contributed by atoms with van der Waals surface area (Å²) in [6.45, 7) is 5.96. The van der Waals surface area contributed by atoms with Gasteiger partial charge in [0.1, 0.15) is 22.9 Å². The number of carbonyl (C=O) groups is 2. The lowest BCUT2D eigenvalue weighted by Gasteiger charge is -2.29. The van der Waals surface area contributed by atoms with Gasteiger partial charge in [0.15, 0.2) is 0 Å². The number of fused-ring (bicyclic) bond motifs is 1. The Morgan fingerprint density at radius 1 is 1.12 bits per heavy atom. The van der Waals surface area contributed by atoms with E-state index in [9.17, 15) is 9.59 Å². The molecule has 1 aliphatic carbocycles. The van der Waals surface area contributed by atoms with Crippen LogP contribution >= 0.6 is 15.9 Å². The number of amides is 1. The van der Waals surface area contributed by atoms with E-state index in [0.29, 0.717) is 23.5 Å². The van der Waals surface area contributed by atoms with Crippen LogP contribution in [0.4, 0.5) is 4.79 Å². The Morgan fingerprint density at radius 3 is 2.56 bits per heavy atom.